The van der Waals surface area contributed by atoms with Crippen LogP contribution in [0.3, 0.4) is 0 Å². The molecule has 0 aromatic carbocycles. The Bertz CT molecular complexity index is 251. The molecule has 2 aliphatic heterocycles. The van der Waals surface area contributed by atoms with Gasteiger partial charge in [0.1, 0.15) is 0 Å². The van der Waals surface area contributed by atoms with E-state index >= 15 is 0 Å². The zero-order valence-corrected chi connectivity index (χ0v) is 10.1. The fourth-order valence-electron chi connectivity index (χ4n) is 2.77. The van der Waals surface area contributed by atoms with Crippen molar-refractivity contribution in [2.24, 2.45) is 5.92 Å². The van der Waals surface area contributed by atoms with Gasteiger partial charge >= 0.3 is 0 Å². The molecule has 2 atom stereocenters. The number of carbonyl (C=O) groups excluding carboxylic acids is 1. The molecule has 2 unspecified atom stereocenters. The van der Waals surface area contributed by atoms with Gasteiger partial charge in [0, 0.05) is 19.6 Å². The van der Waals surface area contributed by atoms with E-state index in [9.17, 15) is 9.90 Å². The molecule has 0 bridgehead atoms. The molecule has 2 fully saturated rings. The van der Waals surface area contributed by atoms with Crippen molar-refractivity contribution < 1.29 is 9.90 Å². The van der Waals surface area contributed by atoms with Gasteiger partial charge in [0.2, 0.25) is 5.91 Å². The van der Waals surface area contributed by atoms with Gasteiger partial charge in [0.15, 0.2) is 0 Å². The molecule has 0 radical (unpaired) electrons. The first-order valence-corrected chi connectivity index (χ1v) is 6.33. The molecule has 2 saturated heterocycles. The highest BCUT2D eigenvalue weighted by atomic mass is 16.3. The van der Waals surface area contributed by atoms with E-state index in [0.29, 0.717) is 18.9 Å². The molecule has 4 heteroatoms. The number of rotatable bonds is 4. The second-order valence-electron chi connectivity index (χ2n) is 5.27. The summed E-state index contributed by atoms with van der Waals surface area (Å²) >= 11 is 0. The molecule has 0 aliphatic carbocycles. The molecule has 4 nitrogen and oxygen atoms in total. The third kappa shape index (κ3) is 2.95. The zero-order valence-electron chi connectivity index (χ0n) is 10.1. The Labute approximate surface area is 97.2 Å². The van der Waals surface area contributed by atoms with Crippen LogP contribution in [-0.4, -0.2) is 59.6 Å². The molecule has 1 amide bonds. The second kappa shape index (κ2) is 5.15. The van der Waals surface area contributed by atoms with E-state index in [-0.39, 0.29) is 5.91 Å². The number of hydrogen-bond acceptors (Lipinski definition) is 3. The zero-order chi connectivity index (χ0) is 11.5. The molecule has 1 N–H and O–H groups in total. The number of carbonyl (C=O) groups is 1. The van der Waals surface area contributed by atoms with E-state index in [0.717, 1.165) is 13.1 Å². The van der Waals surface area contributed by atoms with Crippen LogP contribution in [0.15, 0.2) is 0 Å². The third-order valence-electron chi connectivity index (χ3n) is 3.49. The second-order valence-corrected chi connectivity index (χ2v) is 5.27. The summed E-state index contributed by atoms with van der Waals surface area (Å²) in [6.45, 7) is 7.02. The predicted molar refractivity (Wildman–Crippen MR) is 62.0 cm³/mol. The lowest BCUT2D eigenvalue weighted by atomic mass is 10.1. The van der Waals surface area contributed by atoms with Gasteiger partial charge in [-0.1, -0.05) is 6.92 Å². The number of amides is 1. The molecule has 2 aliphatic rings. The maximum absolute atomic E-state index is 11.5. The first kappa shape index (κ1) is 11.9. The summed E-state index contributed by atoms with van der Waals surface area (Å²) in [6.07, 6.45) is 2.50. The molecular weight excluding hydrogens is 204 g/mol. The molecule has 0 aromatic heterocycles. The minimum absolute atomic E-state index is 0.112. The van der Waals surface area contributed by atoms with Crippen molar-refractivity contribution in [1.82, 2.24) is 9.80 Å². The molecule has 0 aromatic rings. The van der Waals surface area contributed by atoms with Crippen molar-refractivity contribution >= 4 is 5.91 Å². The third-order valence-corrected chi connectivity index (χ3v) is 3.49. The lowest BCUT2D eigenvalue weighted by Gasteiger charge is -2.24. The first-order chi connectivity index (χ1) is 7.65. The average molecular weight is 226 g/mol. The summed E-state index contributed by atoms with van der Waals surface area (Å²) in [6, 6.07) is 0. The van der Waals surface area contributed by atoms with Crippen LogP contribution < -0.4 is 0 Å². The first-order valence-electron chi connectivity index (χ1n) is 6.33. The molecular formula is C12H22N2O2. The summed E-state index contributed by atoms with van der Waals surface area (Å²) in [7, 11) is 0. The Kier molecular flexibility index (Phi) is 3.82. The Morgan fingerprint density at radius 1 is 1.38 bits per heavy atom. The highest BCUT2D eigenvalue weighted by Gasteiger charge is 2.29. The predicted octanol–water partition coefficient (Wildman–Crippen LogP) is 0.311. The van der Waals surface area contributed by atoms with Gasteiger partial charge in [0.25, 0.3) is 0 Å². The fraction of sp³-hybridized carbons (Fsp3) is 0.917. The van der Waals surface area contributed by atoms with E-state index in [2.05, 4.69) is 11.8 Å². The van der Waals surface area contributed by atoms with Crippen LogP contribution >= 0.6 is 0 Å². The lowest BCUT2D eigenvalue weighted by molar-refractivity contribution is -0.128. The topological polar surface area (TPSA) is 43.8 Å². The highest BCUT2D eigenvalue weighted by Crippen LogP contribution is 2.15. The number of nitrogens with zero attached hydrogens (tertiary/aromatic N) is 2. The van der Waals surface area contributed by atoms with E-state index in [1.165, 1.54) is 25.9 Å². The Morgan fingerprint density at radius 3 is 2.62 bits per heavy atom. The van der Waals surface area contributed by atoms with E-state index < -0.39 is 6.10 Å². The van der Waals surface area contributed by atoms with Crippen molar-refractivity contribution in [2.45, 2.75) is 32.3 Å². The Hall–Kier alpha value is -0.610. The van der Waals surface area contributed by atoms with Crippen molar-refractivity contribution in [3.63, 3.8) is 0 Å². The van der Waals surface area contributed by atoms with E-state index in [1.807, 2.05) is 4.90 Å². The summed E-state index contributed by atoms with van der Waals surface area (Å²) < 4.78 is 0. The van der Waals surface area contributed by atoms with Crippen LogP contribution in [0.1, 0.15) is 26.2 Å². The summed E-state index contributed by atoms with van der Waals surface area (Å²) in [5.74, 6) is 0.619. The number of β-amino-alcohol motifs (C(OH)–C–C–N with tert-alkyl or cyclic N) is 1. The lowest BCUT2D eigenvalue weighted by Crippen LogP contribution is -2.35. The van der Waals surface area contributed by atoms with E-state index in [1.54, 1.807) is 0 Å². The smallest absolute Gasteiger partial charge is 0.225 e. The van der Waals surface area contributed by atoms with Gasteiger partial charge in [-0.3, -0.25) is 4.79 Å². The molecule has 0 spiro atoms. The summed E-state index contributed by atoms with van der Waals surface area (Å²) in [5.41, 5.74) is 0. The van der Waals surface area contributed by atoms with E-state index in [4.69, 9.17) is 0 Å². The maximum Gasteiger partial charge on any atom is 0.225 e. The van der Waals surface area contributed by atoms with Crippen molar-refractivity contribution in [3.05, 3.63) is 0 Å². The molecule has 0 saturated carbocycles. The normalized spacial score (nSPS) is 29.0. The van der Waals surface area contributed by atoms with Gasteiger partial charge in [-0.25, -0.2) is 0 Å². The number of likely N-dealkylation sites (tertiary alicyclic amines) is 2. The molecule has 2 rings (SSSR count). The molecule has 2 heterocycles. The van der Waals surface area contributed by atoms with Gasteiger partial charge in [-0.15, -0.1) is 0 Å². The average Bonchev–Trinajstić information content (AvgIpc) is 2.78. The van der Waals surface area contributed by atoms with Crippen LogP contribution in [0.25, 0.3) is 0 Å². The number of hydrogen-bond donors (Lipinski definition) is 1. The van der Waals surface area contributed by atoms with Crippen molar-refractivity contribution in [3.8, 4) is 0 Å². The standard InChI is InChI=1S/C12H22N2O2/c1-10(7-13-4-2-3-5-13)8-14-9-11(15)6-12(14)16/h10-11,15H,2-9H2,1H3. The van der Waals surface area contributed by atoms with Gasteiger partial charge in [-0.2, -0.15) is 0 Å². The van der Waals surface area contributed by atoms with Crippen LogP contribution in [0.2, 0.25) is 0 Å². The highest BCUT2D eigenvalue weighted by molar-refractivity contribution is 5.78. The number of aliphatic hydroxyl groups excluding tert-OH is 1. The maximum atomic E-state index is 11.5. The van der Waals surface area contributed by atoms with Crippen LogP contribution in [0.4, 0.5) is 0 Å². The van der Waals surface area contributed by atoms with Crippen LogP contribution in [0.5, 0.6) is 0 Å². The van der Waals surface area contributed by atoms with Crippen LogP contribution in [0, 0.1) is 5.92 Å². The minimum Gasteiger partial charge on any atom is -0.391 e. The summed E-state index contributed by atoms with van der Waals surface area (Å²) in [5, 5.41) is 9.39. The van der Waals surface area contributed by atoms with Gasteiger partial charge in [0.05, 0.1) is 12.5 Å². The van der Waals surface area contributed by atoms with Crippen LogP contribution in [-0.2, 0) is 4.79 Å². The monoisotopic (exact) mass is 226 g/mol. The Balaban J connectivity index is 1.73. The quantitative estimate of drug-likeness (QED) is 0.750. The molecule has 92 valence electrons. The number of aliphatic hydroxyl groups is 1. The van der Waals surface area contributed by atoms with Gasteiger partial charge in [-0.05, 0) is 31.8 Å². The van der Waals surface area contributed by atoms with Crippen molar-refractivity contribution in [2.75, 3.05) is 32.7 Å². The fourth-order valence-corrected chi connectivity index (χ4v) is 2.77. The molecule has 16 heavy (non-hydrogen) atoms. The largest absolute Gasteiger partial charge is 0.391 e. The minimum atomic E-state index is -0.438. The summed E-state index contributed by atoms with van der Waals surface area (Å²) in [4.78, 5) is 15.8. The SMILES string of the molecule is CC(CN1CCCC1)CN1CC(O)CC1=O. The Morgan fingerprint density at radius 2 is 2.06 bits per heavy atom. The van der Waals surface area contributed by atoms with Gasteiger partial charge < -0.3 is 14.9 Å². The van der Waals surface area contributed by atoms with Crippen molar-refractivity contribution in [1.29, 1.82) is 0 Å².